The maximum absolute atomic E-state index is 5.56. The topological polar surface area (TPSA) is 35.2 Å². The zero-order valence-electron chi connectivity index (χ0n) is 7.58. The standard InChI is InChI=1S/C10H15NO/c1-8-5-3-4-6-9(8)10(7-11)12-2/h3-6,10H,7,11H2,1-2H3/t10-/m0/s1. The molecule has 0 bridgehead atoms. The highest BCUT2D eigenvalue weighted by Gasteiger charge is 2.09. The first-order chi connectivity index (χ1) is 5.79. The number of benzene rings is 1. The van der Waals surface area contributed by atoms with Crippen molar-refractivity contribution in [2.75, 3.05) is 13.7 Å². The molecule has 0 aromatic heterocycles. The predicted molar refractivity (Wildman–Crippen MR) is 50.0 cm³/mol. The number of nitrogens with two attached hydrogens (primary N) is 1. The van der Waals surface area contributed by atoms with E-state index >= 15 is 0 Å². The Morgan fingerprint density at radius 2 is 2.08 bits per heavy atom. The average molecular weight is 165 g/mol. The van der Waals surface area contributed by atoms with Crippen molar-refractivity contribution in [1.82, 2.24) is 0 Å². The molecule has 0 radical (unpaired) electrons. The van der Waals surface area contributed by atoms with E-state index < -0.39 is 0 Å². The first-order valence-electron chi connectivity index (χ1n) is 4.08. The highest BCUT2D eigenvalue weighted by atomic mass is 16.5. The van der Waals surface area contributed by atoms with E-state index in [1.807, 2.05) is 12.1 Å². The number of hydrogen-bond acceptors (Lipinski definition) is 2. The van der Waals surface area contributed by atoms with Crippen LogP contribution in [-0.2, 0) is 4.74 Å². The van der Waals surface area contributed by atoms with Gasteiger partial charge in [-0.15, -0.1) is 0 Å². The van der Waals surface area contributed by atoms with Crippen molar-refractivity contribution in [3.8, 4) is 0 Å². The molecule has 2 nitrogen and oxygen atoms in total. The lowest BCUT2D eigenvalue weighted by Crippen LogP contribution is -2.15. The van der Waals surface area contributed by atoms with Crippen LogP contribution in [0, 0.1) is 6.92 Å². The van der Waals surface area contributed by atoms with Gasteiger partial charge < -0.3 is 10.5 Å². The molecule has 0 heterocycles. The monoisotopic (exact) mass is 165 g/mol. The SMILES string of the molecule is CO[C@@H](CN)c1ccccc1C. The zero-order chi connectivity index (χ0) is 8.97. The van der Waals surface area contributed by atoms with Crippen LogP contribution in [0.15, 0.2) is 24.3 Å². The summed E-state index contributed by atoms with van der Waals surface area (Å²) >= 11 is 0. The van der Waals surface area contributed by atoms with Crippen molar-refractivity contribution < 1.29 is 4.74 Å². The Morgan fingerprint density at radius 3 is 2.58 bits per heavy atom. The largest absolute Gasteiger partial charge is 0.375 e. The zero-order valence-corrected chi connectivity index (χ0v) is 7.58. The lowest BCUT2D eigenvalue weighted by molar-refractivity contribution is 0.110. The summed E-state index contributed by atoms with van der Waals surface area (Å²) in [6.45, 7) is 2.60. The maximum Gasteiger partial charge on any atom is 0.0945 e. The Bertz CT molecular complexity index is 243. The number of ether oxygens (including phenoxy) is 1. The van der Waals surface area contributed by atoms with Gasteiger partial charge in [0.1, 0.15) is 0 Å². The molecule has 0 aliphatic carbocycles. The Morgan fingerprint density at radius 1 is 1.42 bits per heavy atom. The van der Waals surface area contributed by atoms with E-state index in [1.54, 1.807) is 7.11 Å². The number of methoxy groups -OCH3 is 1. The van der Waals surface area contributed by atoms with E-state index in [0.717, 1.165) is 0 Å². The summed E-state index contributed by atoms with van der Waals surface area (Å²) in [5, 5.41) is 0. The van der Waals surface area contributed by atoms with Crippen LogP contribution >= 0.6 is 0 Å². The summed E-state index contributed by atoms with van der Waals surface area (Å²) < 4.78 is 5.24. The lowest BCUT2D eigenvalue weighted by Gasteiger charge is -2.15. The van der Waals surface area contributed by atoms with Crippen molar-refractivity contribution in [2.24, 2.45) is 5.73 Å². The fourth-order valence-corrected chi connectivity index (χ4v) is 1.30. The second-order valence-corrected chi connectivity index (χ2v) is 2.82. The van der Waals surface area contributed by atoms with Crippen LogP contribution in [-0.4, -0.2) is 13.7 Å². The molecule has 0 aliphatic rings. The van der Waals surface area contributed by atoms with Crippen LogP contribution in [0.3, 0.4) is 0 Å². The van der Waals surface area contributed by atoms with Crippen molar-refractivity contribution >= 4 is 0 Å². The number of aryl methyl sites for hydroxylation is 1. The summed E-state index contributed by atoms with van der Waals surface area (Å²) in [5.74, 6) is 0. The van der Waals surface area contributed by atoms with Crippen LogP contribution in [0.25, 0.3) is 0 Å². The normalized spacial score (nSPS) is 12.9. The first-order valence-corrected chi connectivity index (χ1v) is 4.08. The van der Waals surface area contributed by atoms with Gasteiger partial charge in [-0.1, -0.05) is 24.3 Å². The van der Waals surface area contributed by atoms with E-state index in [2.05, 4.69) is 19.1 Å². The second kappa shape index (κ2) is 4.24. The molecule has 0 saturated carbocycles. The molecule has 66 valence electrons. The number of rotatable bonds is 3. The van der Waals surface area contributed by atoms with Gasteiger partial charge in [-0.25, -0.2) is 0 Å². The van der Waals surface area contributed by atoms with Crippen LogP contribution in [0.5, 0.6) is 0 Å². The summed E-state index contributed by atoms with van der Waals surface area (Å²) in [6.07, 6.45) is 0.0335. The van der Waals surface area contributed by atoms with Gasteiger partial charge in [0.2, 0.25) is 0 Å². The second-order valence-electron chi connectivity index (χ2n) is 2.82. The minimum absolute atomic E-state index is 0.0335. The van der Waals surface area contributed by atoms with E-state index in [9.17, 15) is 0 Å². The van der Waals surface area contributed by atoms with Gasteiger partial charge in [0.15, 0.2) is 0 Å². The van der Waals surface area contributed by atoms with E-state index in [-0.39, 0.29) is 6.10 Å². The summed E-state index contributed by atoms with van der Waals surface area (Å²) in [5.41, 5.74) is 7.97. The summed E-state index contributed by atoms with van der Waals surface area (Å²) in [4.78, 5) is 0. The minimum Gasteiger partial charge on any atom is -0.375 e. The average Bonchev–Trinajstić information content (AvgIpc) is 2.10. The third-order valence-corrected chi connectivity index (χ3v) is 2.03. The molecular formula is C10H15NO. The maximum atomic E-state index is 5.56. The van der Waals surface area contributed by atoms with Crippen LogP contribution in [0.4, 0.5) is 0 Å². The van der Waals surface area contributed by atoms with E-state index in [4.69, 9.17) is 10.5 Å². The highest BCUT2D eigenvalue weighted by molar-refractivity contribution is 5.27. The van der Waals surface area contributed by atoms with Crippen molar-refractivity contribution in [3.63, 3.8) is 0 Å². The van der Waals surface area contributed by atoms with Crippen LogP contribution in [0.2, 0.25) is 0 Å². The fourth-order valence-electron chi connectivity index (χ4n) is 1.30. The van der Waals surface area contributed by atoms with Gasteiger partial charge in [0.25, 0.3) is 0 Å². The van der Waals surface area contributed by atoms with E-state index in [0.29, 0.717) is 6.54 Å². The molecule has 0 spiro atoms. The molecule has 1 atom stereocenters. The van der Waals surface area contributed by atoms with Gasteiger partial charge in [0.05, 0.1) is 6.10 Å². The molecule has 0 saturated heterocycles. The number of hydrogen-bond donors (Lipinski definition) is 1. The van der Waals surface area contributed by atoms with Crippen molar-refractivity contribution in [3.05, 3.63) is 35.4 Å². The van der Waals surface area contributed by atoms with Gasteiger partial charge in [-0.2, -0.15) is 0 Å². The molecule has 1 aromatic carbocycles. The Labute approximate surface area is 73.3 Å². The summed E-state index contributed by atoms with van der Waals surface area (Å²) in [7, 11) is 1.68. The molecule has 2 N–H and O–H groups in total. The molecule has 0 amide bonds. The summed E-state index contributed by atoms with van der Waals surface area (Å²) in [6, 6.07) is 8.14. The lowest BCUT2D eigenvalue weighted by atomic mass is 10.0. The molecular weight excluding hydrogens is 150 g/mol. The Kier molecular flexibility index (Phi) is 3.26. The molecule has 0 unspecified atom stereocenters. The van der Waals surface area contributed by atoms with Crippen LogP contribution in [0.1, 0.15) is 17.2 Å². The molecule has 2 heteroatoms. The Hall–Kier alpha value is -0.860. The van der Waals surface area contributed by atoms with Gasteiger partial charge >= 0.3 is 0 Å². The predicted octanol–water partition coefficient (Wildman–Crippen LogP) is 1.64. The van der Waals surface area contributed by atoms with Crippen LogP contribution < -0.4 is 5.73 Å². The molecule has 12 heavy (non-hydrogen) atoms. The third kappa shape index (κ3) is 1.84. The minimum atomic E-state index is 0.0335. The third-order valence-electron chi connectivity index (χ3n) is 2.03. The fraction of sp³-hybridized carbons (Fsp3) is 0.400. The van der Waals surface area contributed by atoms with Crippen molar-refractivity contribution in [1.29, 1.82) is 0 Å². The molecule has 1 aromatic rings. The molecule has 0 fully saturated rings. The smallest absolute Gasteiger partial charge is 0.0945 e. The van der Waals surface area contributed by atoms with Gasteiger partial charge in [-0.3, -0.25) is 0 Å². The van der Waals surface area contributed by atoms with Gasteiger partial charge in [0, 0.05) is 13.7 Å². The van der Waals surface area contributed by atoms with E-state index in [1.165, 1.54) is 11.1 Å². The van der Waals surface area contributed by atoms with Crippen molar-refractivity contribution in [2.45, 2.75) is 13.0 Å². The van der Waals surface area contributed by atoms with Gasteiger partial charge in [-0.05, 0) is 18.1 Å². The quantitative estimate of drug-likeness (QED) is 0.739. The highest BCUT2D eigenvalue weighted by Crippen LogP contribution is 2.18. The molecule has 0 aliphatic heterocycles. The first kappa shape index (κ1) is 9.23. The Balaban J connectivity index is 2.92. The molecule has 1 rings (SSSR count).